The van der Waals surface area contributed by atoms with Gasteiger partial charge in [-0.3, -0.25) is 4.79 Å². The van der Waals surface area contributed by atoms with Crippen LogP contribution in [0.2, 0.25) is 10.0 Å². The van der Waals surface area contributed by atoms with Gasteiger partial charge in [-0.1, -0.05) is 76.2 Å². The Kier molecular flexibility index (Phi) is 10.9. The highest BCUT2D eigenvalue weighted by atomic mass is 35.5. The summed E-state index contributed by atoms with van der Waals surface area (Å²) in [6.07, 6.45) is 10.9. The Hall–Kier alpha value is -2.31. The van der Waals surface area contributed by atoms with Crippen LogP contribution in [0.3, 0.4) is 0 Å². The fraction of sp³-hybridized carbons (Fsp3) is 0.533. The molecule has 0 saturated heterocycles. The number of hydrogen-bond donors (Lipinski definition) is 2. The van der Waals surface area contributed by atoms with Gasteiger partial charge >= 0.3 is 0 Å². The SMILES string of the molecule is CC.CCCCC.Cn1c(Nc2c(Cl)cccc2Cl)nc2cc(C(=O)NC3CCC4(CC3)CC4)c(F)cc21. The van der Waals surface area contributed by atoms with E-state index in [2.05, 4.69) is 29.5 Å². The molecule has 1 spiro atoms. The fourth-order valence-corrected chi connectivity index (χ4v) is 5.39. The highest BCUT2D eigenvalue weighted by molar-refractivity contribution is 6.39. The average Bonchev–Trinajstić information content (AvgIpc) is 3.61. The molecule has 2 N–H and O–H groups in total. The molecule has 5 rings (SSSR count). The van der Waals surface area contributed by atoms with Crippen molar-refractivity contribution >= 4 is 51.8 Å². The van der Waals surface area contributed by atoms with Crippen molar-refractivity contribution in [2.75, 3.05) is 5.32 Å². The van der Waals surface area contributed by atoms with Crippen LogP contribution in [0, 0.1) is 11.2 Å². The molecule has 8 heteroatoms. The number of carbonyl (C=O) groups is 1. The summed E-state index contributed by atoms with van der Waals surface area (Å²) in [6, 6.07) is 8.15. The van der Waals surface area contributed by atoms with E-state index in [4.69, 9.17) is 23.2 Å². The van der Waals surface area contributed by atoms with Gasteiger partial charge < -0.3 is 15.2 Å². The van der Waals surface area contributed by atoms with Crippen molar-refractivity contribution in [3.63, 3.8) is 0 Å². The van der Waals surface area contributed by atoms with Crippen molar-refractivity contribution in [1.29, 1.82) is 0 Å². The lowest BCUT2D eigenvalue weighted by Crippen LogP contribution is -2.38. The number of carbonyl (C=O) groups excluding carboxylic acids is 1. The normalized spacial score (nSPS) is 15.8. The third-order valence-corrected chi connectivity index (χ3v) is 8.09. The number of fused-ring (bicyclic) bond motifs is 1. The van der Waals surface area contributed by atoms with E-state index in [-0.39, 0.29) is 17.5 Å². The lowest BCUT2D eigenvalue weighted by Gasteiger charge is -2.29. The Balaban J connectivity index is 0.000000515. The largest absolute Gasteiger partial charge is 0.349 e. The summed E-state index contributed by atoms with van der Waals surface area (Å²) in [7, 11) is 1.76. The maximum atomic E-state index is 14.8. The van der Waals surface area contributed by atoms with E-state index in [1.54, 1.807) is 29.8 Å². The van der Waals surface area contributed by atoms with Crippen LogP contribution in [0.15, 0.2) is 30.3 Å². The number of para-hydroxylation sites is 1. The van der Waals surface area contributed by atoms with Gasteiger partial charge in [0.05, 0.1) is 32.3 Å². The Morgan fingerprint density at radius 1 is 1.08 bits per heavy atom. The zero-order chi connectivity index (χ0) is 27.9. The highest BCUT2D eigenvalue weighted by Gasteiger charge is 2.44. The predicted octanol–water partition coefficient (Wildman–Crippen LogP) is 9.44. The first kappa shape index (κ1) is 30.2. The van der Waals surface area contributed by atoms with Crippen molar-refractivity contribution in [2.45, 2.75) is 91.5 Å². The molecule has 208 valence electrons. The summed E-state index contributed by atoms with van der Waals surface area (Å²) in [5, 5.41) is 7.03. The fourth-order valence-electron chi connectivity index (χ4n) is 4.90. The number of halogens is 3. The molecular weight excluding hydrogens is 522 g/mol. The molecule has 0 radical (unpaired) electrons. The zero-order valence-corrected chi connectivity index (χ0v) is 24.8. The van der Waals surface area contributed by atoms with E-state index < -0.39 is 5.82 Å². The monoisotopic (exact) mass is 562 g/mol. The van der Waals surface area contributed by atoms with Gasteiger partial charge in [-0.05, 0) is 62.1 Å². The lowest BCUT2D eigenvalue weighted by molar-refractivity contribution is 0.0915. The topological polar surface area (TPSA) is 59.0 Å². The van der Waals surface area contributed by atoms with Crippen molar-refractivity contribution in [3.05, 3.63) is 51.8 Å². The average molecular weight is 564 g/mol. The molecule has 1 heterocycles. The molecule has 2 fully saturated rings. The summed E-state index contributed by atoms with van der Waals surface area (Å²) in [5.41, 5.74) is 2.16. The summed E-state index contributed by atoms with van der Waals surface area (Å²) in [6.45, 7) is 8.42. The molecule has 0 atom stereocenters. The molecule has 3 aromatic rings. The van der Waals surface area contributed by atoms with Gasteiger partial charge in [0.25, 0.3) is 5.91 Å². The van der Waals surface area contributed by atoms with Crippen LogP contribution in [0.1, 0.15) is 95.8 Å². The molecule has 1 amide bonds. The summed E-state index contributed by atoms with van der Waals surface area (Å²) < 4.78 is 16.5. The van der Waals surface area contributed by atoms with Crippen LogP contribution in [0.5, 0.6) is 0 Å². The van der Waals surface area contributed by atoms with Gasteiger partial charge in [-0.2, -0.15) is 0 Å². The van der Waals surface area contributed by atoms with E-state index in [1.165, 1.54) is 44.2 Å². The second-order valence-corrected chi connectivity index (χ2v) is 11.0. The molecular formula is C30H41Cl2FN4O. The first-order valence-corrected chi connectivity index (χ1v) is 14.7. The molecule has 2 aliphatic carbocycles. The van der Waals surface area contributed by atoms with Gasteiger partial charge in [0.1, 0.15) is 5.82 Å². The lowest BCUT2D eigenvalue weighted by atomic mass is 9.83. The van der Waals surface area contributed by atoms with Crippen molar-refractivity contribution in [2.24, 2.45) is 12.5 Å². The smallest absolute Gasteiger partial charge is 0.254 e. The number of rotatable bonds is 6. The third kappa shape index (κ3) is 7.20. The van der Waals surface area contributed by atoms with Crippen LogP contribution >= 0.6 is 23.2 Å². The van der Waals surface area contributed by atoms with Gasteiger partial charge in [0.15, 0.2) is 0 Å². The number of anilines is 2. The molecule has 0 aliphatic heterocycles. The predicted molar refractivity (Wildman–Crippen MR) is 158 cm³/mol. The number of aryl methyl sites for hydroxylation is 1. The van der Waals surface area contributed by atoms with E-state index >= 15 is 0 Å². The summed E-state index contributed by atoms with van der Waals surface area (Å²) >= 11 is 12.5. The minimum atomic E-state index is -0.565. The Morgan fingerprint density at radius 2 is 1.68 bits per heavy atom. The third-order valence-electron chi connectivity index (χ3n) is 7.46. The van der Waals surface area contributed by atoms with Crippen molar-refractivity contribution in [1.82, 2.24) is 14.9 Å². The molecule has 2 aliphatic rings. The molecule has 1 aromatic heterocycles. The van der Waals surface area contributed by atoms with Crippen LogP contribution in [0.4, 0.5) is 16.0 Å². The molecule has 0 bridgehead atoms. The van der Waals surface area contributed by atoms with E-state index in [9.17, 15) is 9.18 Å². The minimum Gasteiger partial charge on any atom is -0.349 e. The summed E-state index contributed by atoms with van der Waals surface area (Å²) in [4.78, 5) is 17.3. The van der Waals surface area contributed by atoms with E-state index in [0.717, 1.165) is 25.7 Å². The van der Waals surface area contributed by atoms with E-state index in [1.807, 2.05) is 13.8 Å². The molecule has 38 heavy (non-hydrogen) atoms. The van der Waals surface area contributed by atoms with Gasteiger partial charge in [-0.15, -0.1) is 0 Å². The standard InChI is InChI=1S/C23H23Cl2FN4O.C5H12.C2H6/c1-30-19-12-17(26)14(21(31)27-13-5-7-23(8-6-13)9-10-23)11-18(19)28-22(30)29-20-15(24)3-2-4-16(20)25;1-3-5-4-2;1-2/h2-4,11-13H,5-10H2,1H3,(H,27,31)(H,28,29);3-5H2,1-2H3;1-2H3. The number of unbranched alkanes of at least 4 members (excludes halogenated alkanes) is 2. The van der Waals surface area contributed by atoms with Crippen LogP contribution in [0.25, 0.3) is 11.0 Å². The van der Waals surface area contributed by atoms with Crippen molar-refractivity contribution in [3.8, 4) is 0 Å². The number of benzene rings is 2. The van der Waals surface area contributed by atoms with Gasteiger partial charge in [0.2, 0.25) is 5.95 Å². The first-order chi connectivity index (χ1) is 18.3. The highest BCUT2D eigenvalue weighted by Crippen LogP contribution is 2.56. The second kappa shape index (κ2) is 13.7. The maximum Gasteiger partial charge on any atom is 0.254 e. The first-order valence-electron chi connectivity index (χ1n) is 13.9. The minimum absolute atomic E-state index is 0.0136. The number of aromatic nitrogens is 2. The zero-order valence-electron chi connectivity index (χ0n) is 23.3. The van der Waals surface area contributed by atoms with E-state index in [0.29, 0.717) is 38.1 Å². The van der Waals surface area contributed by atoms with Gasteiger partial charge in [0, 0.05) is 19.2 Å². The number of imidazole rings is 1. The van der Waals surface area contributed by atoms with Crippen molar-refractivity contribution < 1.29 is 9.18 Å². The summed E-state index contributed by atoms with van der Waals surface area (Å²) in [5.74, 6) is -0.501. The molecule has 2 aromatic carbocycles. The maximum absolute atomic E-state index is 14.8. The van der Waals surface area contributed by atoms with Crippen LogP contribution < -0.4 is 10.6 Å². The Bertz CT molecular complexity index is 1210. The Morgan fingerprint density at radius 3 is 2.21 bits per heavy atom. The number of nitrogens with one attached hydrogen (secondary N) is 2. The Labute approximate surface area is 236 Å². The number of amides is 1. The van der Waals surface area contributed by atoms with Crippen LogP contribution in [-0.4, -0.2) is 21.5 Å². The van der Waals surface area contributed by atoms with Crippen LogP contribution in [-0.2, 0) is 7.05 Å². The molecule has 0 unspecified atom stereocenters. The number of nitrogens with zero attached hydrogens (tertiary/aromatic N) is 2. The second-order valence-electron chi connectivity index (χ2n) is 10.1. The number of hydrogen-bond acceptors (Lipinski definition) is 3. The quantitative estimate of drug-likeness (QED) is 0.314. The molecule has 2 saturated carbocycles. The van der Waals surface area contributed by atoms with Gasteiger partial charge in [-0.25, -0.2) is 9.37 Å². The molecule has 5 nitrogen and oxygen atoms in total.